The lowest BCUT2D eigenvalue weighted by Crippen LogP contribution is -2.11. The molecule has 3 rings (SSSR count). The number of hydrogen-bond donors (Lipinski definition) is 4. The number of aromatic amines is 1. The van der Waals surface area contributed by atoms with Crippen molar-refractivity contribution >= 4 is 28.8 Å². The fourth-order valence-corrected chi connectivity index (χ4v) is 2.41. The molecule has 0 atom stereocenters. The molecule has 0 aliphatic rings. The first kappa shape index (κ1) is 16.8. The van der Waals surface area contributed by atoms with Gasteiger partial charge in [-0.25, -0.2) is 4.98 Å². The number of nitrogens with zero attached hydrogens (tertiary/aromatic N) is 3. The number of anilines is 5. The molecule has 3 aromatic rings. The minimum absolute atomic E-state index is 0.374. The van der Waals surface area contributed by atoms with Crippen LogP contribution in [-0.2, 0) is 0 Å². The molecule has 1 aromatic carbocycles. The highest BCUT2D eigenvalue weighted by atomic mass is 15.2. The van der Waals surface area contributed by atoms with Crippen molar-refractivity contribution in [2.45, 2.75) is 33.7 Å². The fourth-order valence-electron chi connectivity index (χ4n) is 2.41. The van der Waals surface area contributed by atoms with E-state index in [4.69, 9.17) is 0 Å². The summed E-state index contributed by atoms with van der Waals surface area (Å²) in [6.45, 7) is 8.28. The highest BCUT2D eigenvalue weighted by Crippen LogP contribution is 2.24. The summed E-state index contributed by atoms with van der Waals surface area (Å²) in [5.74, 6) is 2.00. The van der Waals surface area contributed by atoms with E-state index < -0.39 is 0 Å². The number of benzene rings is 1. The Morgan fingerprint density at radius 2 is 1.72 bits per heavy atom. The lowest BCUT2D eigenvalue weighted by Gasteiger charge is -2.15. The summed E-state index contributed by atoms with van der Waals surface area (Å²) < 4.78 is 0. The van der Waals surface area contributed by atoms with Crippen molar-refractivity contribution in [3.05, 3.63) is 47.9 Å². The zero-order chi connectivity index (χ0) is 17.8. The van der Waals surface area contributed by atoms with Crippen LogP contribution in [0.25, 0.3) is 0 Å². The van der Waals surface area contributed by atoms with E-state index in [1.165, 1.54) is 5.56 Å². The van der Waals surface area contributed by atoms with Crippen LogP contribution in [0.3, 0.4) is 0 Å². The molecule has 2 heterocycles. The number of aromatic nitrogens is 4. The molecule has 7 nitrogen and oxygen atoms in total. The van der Waals surface area contributed by atoms with Gasteiger partial charge in [0.15, 0.2) is 17.5 Å². The van der Waals surface area contributed by atoms with Crippen LogP contribution in [0.5, 0.6) is 0 Å². The van der Waals surface area contributed by atoms with Gasteiger partial charge in [-0.2, -0.15) is 5.10 Å². The third-order valence-corrected chi connectivity index (χ3v) is 3.55. The highest BCUT2D eigenvalue weighted by Gasteiger charge is 2.05. The summed E-state index contributed by atoms with van der Waals surface area (Å²) >= 11 is 0. The second-order valence-corrected chi connectivity index (χ2v) is 6.30. The molecule has 0 bridgehead atoms. The Balaban J connectivity index is 1.75. The van der Waals surface area contributed by atoms with E-state index in [-0.39, 0.29) is 0 Å². The number of H-pyrrole nitrogens is 1. The van der Waals surface area contributed by atoms with Gasteiger partial charge >= 0.3 is 0 Å². The minimum atomic E-state index is 0.374. The van der Waals surface area contributed by atoms with Gasteiger partial charge in [0, 0.05) is 29.2 Å². The molecule has 2 aromatic heterocycles. The second-order valence-electron chi connectivity index (χ2n) is 6.30. The maximum absolute atomic E-state index is 4.53. The van der Waals surface area contributed by atoms with Gasteiger partial charge in [0.25, 0.3) is 0 Å². The summed E-state index contributed by atoms with van der Waals surface area (Å²) in [4.78, 5) is 8.76. The van der Waals surface area contributed by atoms with E-state index in [1.807, 2.05) is 19.1 Å². The first-order valence-corrected chi connectivity index (χ1v) is 8.25. The van der Waals surface area contributed by atoms with Crippen LogP contribution >= 0.6 is 0 Å². The fraction of sp³-hybridized carbons (Fsp3) is 0.278. The minimum Gasteiger partial charge on any atom is -0.383 e. The average molecular weight is 337 g/mol. The third kappa shape index (κ3) is 4.47. The summed E-state index contributed by atoms with van der Waals surface area (Å²) in [6.07, 6.45) is 3.35. The van der Waals surface area contributed by atoms with Crippen LogP contribution in [0.15, 0.2) is 36.7 Å². The lowest BCUT2D eigenvalue weighted by molar-refractivity contribution is 0.897. The molecular weight excluding hydrogens is 314 g/mol. The molecule has 0 fully saturated rings. The summed E-state index contributed by atoms with van der Waals surface area (Å²) in [7, 11) is 0. The van der Waals surface area contributed by atoms with Crippen LogP contribution in [0.2, 0.25) is 0 Å². The van der Waals surface area contributed by atoms with Gasteiger partial charge in [0.1, 0.15) is 0 Å². The number of nitrogens with one attached hydrogen (secondary N) is 4. The summed E-state index contributed by atoms with van der Waals surface area (Å²) in [6, 6.07) is 8.47. The van der Waals surface area contributed by atoms with Crippen molar-refractivity contribution in [1.82, 2.24) is 20.2 Å². The molecule has 0 spiro atoms. The normalized spacial score (nSPS) is 10.8. The third-order valence-electron chi connectivity index (χ3n) is 3.55. The number of aryl methyl sites for hydroxylation is 2. The standard InChI is InChI=1S/C18H23N7/c1-11(2)20-15-8-14(6-5-12(15)3)21-17-9-19-10-18(23-17)22-16-7-13(4)24-25-16/h5-11,20H,1-4H3,(H3,21,22,23,24,25). The van der Waals surface area contributed by atoms with Gasteiger partial charge in [0.2, 0.25) is 0 Å². The van der Waals surface area contributed by atoms with Crippen molar-refractivity contribution in [2.75, 3.05) is 16.0 Å². The van der Waals surface area contributed by atoms with Crippen LogP contribution < -0.4 is 16.0 Å². The first-order chi connectivity index (χ1) is 12.0. The van der Waals surface area contributed by atoms with Crippen LogP contribution in [0.4, 0.5) is 28.8 Å². The number of rotatable bonds is 6. The van der Waals surface area contributed by atoms with Gasteiger partial charge < -0.3 is 16.0 Å². The molecule has 0 aliphatic heterocycles. The highest BCUT2D eigenvalue weighted by molar-refractivity contribution is 5.66. The zero-order valence-electron chi connectivity index (χ0n) is 14.9. The Bertz CT molecular complexity index is 854. The van der Waals surface area contributed by atoms with Gasteiger partial charge in [-0.05, 0) is 45.4 Å². The maximum atomic E-state index is 4.53. The van der Waals surface area contributed by atoms with Gasteiger partial charge in [-0.1, -0.05) is 6.07 Å². The Kier molecular flexibility index (Phi) is 4.83. The van der Waals surface area contributed by atoms with E-state index in [2.05, 4.69) is 69.0 Å². The second kappa shape index (κ2) is 7.21. The average Bonchev–Trinajstić information content (AvgIpc) is 2.95. The zero-order valence-corrected chi connectivity index (χ0v) is 14.9. The predicted octanol–water partition coefficient (Wildman–Crippen LogP) is 4.12. The van der Waals surface area contributed by atoms with Crippen molar-refractivity contribution in [3.63, 3.8) is 0 Å². The topological polar surface area (TPSA) is 90.6 Å². The Morgan fingerprint density at radius 3 is 2.40 bits per heavy atom. The quantitative estimate of drug-likeness (QED) is 0.541. The van der Waals surface area contributed by atoms with Gasteiger partial charge in [-0.3, -0.25) is 10.1 Å². The van der Waals surface area contributed by atoms with Crippen molar-refractivity contribution in [2.24, 2.45) is 0 Å². The molecule has 0 aliphatic carbocycles. The van der Waals surface area contributed by atoms with Crippen LogP contribution in [-0.4, -0.2) is 26.2 Å². The van der Waals surface area contributed by atoms with Gasteiger partial charge in [0.05, 0.1) is 12.4 Å². The Labute approximate surface area is 147 Å². The molecule has 0 amide bonds. The van der Waals surface area contributed by atoms with Crippen LogP contribution in [0, 0.1) is 13.8 Å². The van der Waals surface area contributed by atoms with E-state index in [1.54, 1.807) is 12.4 Å². The molecule has 7 heteroatoms. The molecular formula is C18H23N7. The predicted molar refractivity (Wildman–Crippen MR) is 102 cm³/mol. The first-order valence-electron chi connectivity index (χ1n) is 8.25. The SMILES string of the molecule is Cc1cc(Nc2cncc(Nc3ccc(C)c(NC(C)C)c3)n2)n[nH]1. The Morgan fingerprint density at radius 1 is 0.960 bits per heavy atom. The largest absolute Gasteiger partial charge is 0.383 e. The molecule has 0 saturated heterocycles. The summed E-state index contributed by atoms with van der Waals surface area (Å²) in [5, 5.41) is 16.9. The van der Waals surface area contributed by atoms with Crippen molar-refractivity contribution < 1.29 is 0 Å². The molecule has 0 saturated carbocycles. The van der Waals surface area contributed by atoms with Crippen molar-refractivity contribution in [3.8, 4) is 0 Å². The molecule has 130 valence electrons. The monoisotopic (exact) mass is 337 g/mol. The number of hydrogen-bond acceptors (Lipinski definition) is 6. The van der Waals surface area contributed by atoms with Crippen molar-refractivity contribution in [1.29, 1.82) is 0 Å². The summed E-state index contributed by atoms with van der Waals surface area (Å²) in [5.41, 5.74) is 4.24. The maximum Gasteiger partial charge on any atom is 0.153 e. The van der Waals surface area contributed by atoms with E-state index in [0.717, 1.165) is 17.1 Å². The molecule has 0 unspecified atom stereocenters. The smallest absolute Gasteiger partial charge is 0.153 e. The molecule has 0 radical (unpaired) electrons. The van der Waals surface area contributed by atoms with Gasteiger partial charge in [-0.15, -0.1) is 0 Å². The van der Waals surface area contributed by atoms with E-state index in [0.29, 0.717) is 23.5 Å². The van der Waals surface area contributed by atoms with E-state index in [9.17, 15) is 0 Å². The lowest BCUT2D eigenvalue weighted by atomic mass is 10.1. The van der Waals surface area contributed by atoms with E-state index >= 15 is 0 Å². The van der Waals surface area contributed by atoms with Crippen LogP contribution in [0.1, 0.15) is 25.1 Å². The Hall–Kier alpha value is -3.09. The molecule has 4 N–H and O–H groups in total. The molecule has 25 heavy (non-hydrogen) atoms.